The number of alkyl halides is 3. The fraction of sp³-hybridized carbons (Fsp3) is 0.389. The number of hydrogen-bond donors (Lipinski definition) is 0. The van der Waals surface area contributed by atoms with Gasteiger partial charge in [-0.2, -0.15) is 18.3 Å². The Kier molecular flexibility index (Phi) is 5.53. The molecule has 0 fully saturated rings. The molecule has 0 bridgehead atoms. The fourth-order valence-electron chi connectivity index (χ4n) is 2.16. The number of ketones is 1. The Balaban J connectivity index is 1.89. The third-order valence-electron chi connectivity index (χ3n) is 3.66. The molecule has 5 nitrogen and oxygen atoms in total. The summed E-state index contributed by atoms with van der Waals surface area (Å²) in [5.41, 5.74) is 0.308. The fourth-order valence-corrected chi connectivity index (χ4v) is 2.16. The predicted octanol–water partition coefficient (Wildman–Crippen LogP) is 3.63. The number of esters is 1. The molecule has 0 N–H and O–H groups in total. The maximum absolute atomic E-state index is 12.4. The lowest BCUT2D eigenvalue weighted by Crippen LogP contribution is -2.19. The van der Waals surface area contributed by atoms with Crippen LogP contribution in [-0.4, -0.2) is 28.1 Å². The van der Waals surface area contributed by atoms with Gasteiger partial charge in [-0.1, -0.05) is 45.0 Å². The molecular formula is C18H19F3N2O3. The minimum Gasteiger partial charge on any atom is -0.456 e. The Morgan fingerprint density at radius 3 is 2.19 bits per heavy atom. The molecule has 140 valence electrons. The normalized spacial score (nSPS) is 12.1. The van der Waals surface area contributed by atoms with E-state index in [1.807, 2.05) is 32.9 Å². The van der Waals surface area contributed by atoms with Crippen molar-refractivity contribution in [2.75, 3.05) is 6.61 Å². The monoisotopic (exact) mass is 368 g/mol. The zero-order valence-electron chi connectivity index (χ0n) is 14.6. The molecule has 1 aromatic carbocycles. The number of halogens is 3. The Morgan fingerprint density at radius 2 is 1.69 bits per heavy atom. The lowest BCUT2D eigenvalue weighted by molar-refractivity contribution is -0.145. The first kappa shape index (κ1) is 19.7. The molecule has 0 saturated carbocycles. The van der Waals surface area contributed by atoms with Crippen molar-refractivity contribution in [2.24, 2.45) is 0 Å². The average molecular weight is 368 g/mol. The van der Waals surface area contributed by atoms with E-state index in [-0.39, 0.29) is 5.41 Å². The number of Topliss-reactive ketones (excluding diaryl/α,β-unsaturated/α-hetero) is 1. The van der Waals surface area contributed by atoms with Crippen molar-refractivity contribution in [2.45, 2.75) is 38.9 Å². The molecule has 2 aromatic rings. The van der Waals surface area contributed by atoms with E-state index in [0.717, 1.165) is 22.5 Å². The van der Waals surface area contributed by atoms with E-state index in [2.05, 4.69) is 5.10 Å². The molecular weight excluding hydrogens is 349 g/mol. The number of rotatable bonds is 5. The largest absolute Gasteiger partial charge is 0.456 e. The summed E-state index contributed by atoms with van der Waals surface area (Å²) in [6, 6.07) is 7.73. The smallest absolute Gasteiger partial charge is 0.435 e. The third kappa shape index (κ3) is 5.18. The molecule has 0 saturated heterocycles. The van der Waals surface area contributed by atoms with Crippen molar-refractivity contribution in [3.8, 4) is 0 Å². The van der Waals surface area contributed by atoms with Crippen LogP contribution in [0.4, 0.5) is 13.2 Å². The molecule has 0 atom stereocenters. The van der Waals surface area contributed by atoms with Crippen molar-refractivity contribution in [3.05, 3.63) is 53.3 Å². The second-order valence-electron chi connectivity index (χ2n) is 6.81. The van der Waals surface area contributed by atoms with Crippen molar-refractivity contribution >= 4 is 11.8 Å². The van der Waals surface area contributed by atoms with E-state index in [4.69, 9.17) is 4.74 Å². The second-order valence-corrected chi connectivity index (χ2v) is 6.81. The lowest BCUT2D eigenvalue weighted by atomic mass is 9.86. The van der Waals surface area contributed by atoms with Crippen molar-refractivity contribution in [1.82, 2.24) is 9.78 Å². The molecule has 1 heterocycles. The van der Waals surface area contributed by atoms with Gasteiger partial charge in [-0.25, -0.2) is 0 Å². The summed E-state index contributed by atoms with van der Waals surface area (Å²) in [7, 11) is 0. The summed E-state index contributed by atoms with van der Waals surface area (Å²) >= 11 is 0. The zero-order chi connectivity index (χ0) is 19.5. The molecule has 8 heteroatoms. The quantitative estimate of drug-likeness (QED) is 0.597. The molecule has 26 heavy (non-hydrogen) atoms. The predicted molar refractivity (Wildman–Crippen MR) is 87.7 cm³/mol. The van der Waals surface area contributed by atoms with Crippen molar-refractivity contribution < 1.29 is 27.5 Å². The van der Waals surface area contributed by atoms with Gasteiger partial charge in [0.2, 0.25) is 0 Å². The Bertz CT molecular complexity index is 787. The number of hydrogen-bond acceptors (Lipinski definition) is 4. The lowest BCUT2D eigenvalue weighted by Gasteiger charge is -2.18. The molecule has 0 aliphatic rings. The highest BCUT2D eigenvalue weighted by Gasteiger charge is 2.33. The van der Waals surface area contributed by atoms with Crippen LogP contribution < -0.4 is 0 Å². The van der Waals surface area contributed by atoms with Crippen LogP contribution in [0.25, 0.3) is 0 Å². The summed E-state index contributed by atoms with van der Waals surface area (Å²) in [6.07, 6.45) is -3.55. The highest BCUT2D eigenvalue weighted by molar-refractivity contribution is 5.97. The highest BCUT2D eigenvalue weighted by atomic mass is 19.4. The molecule has 0 unspecified atom stereocenters. The first-order valence-corrected chi connectivity index (χ1v) is 7.87. The van der Waals surface area contributed by atoms with E-state index < -0.39 is 36.8 Å². The minimum atomic E-state index is -4.58. The summed E-state index contributed by atoms with van der Waals surface area (Å²) in [4.78, 5) is 23.7. The van der Waals surface area contributed by atoms with Gasteiger partial charge in [0.05, 0.1) is 0 Å². The average Bonchev–Trinajstić information content (AvgIpc) is 3.00. The van der Waals surface area contributed by atoms with Gasteiger partial charge in [0.15, 0.2) is 18.1 Å². The molecule has 0 radical (unpaired) electrons. The van der Waals surface area contributed by atoms with Crippen LogP contribution in [-0.2, 0) is 27.7 Å². The van der Waals surface area contributed by atoms with Crippen molar-refractivity contribution in [1.29, 1.82) is 0 Å². The third-order valence-corrected chi connectivity index (χ3v) is 3.66. The van der Waals surface area contributed by atoms with Gasteiger partial charge in [0, 0.05) is 11.8 Å². The first-order valence-electron chi connectivity index (χ1n) is 7.87. The maximum Gasteiger partial charge on any atom is 0.435 e. The van der Waals surface area contributed by atoms with E-state index in [0.29, 0.717) is 5.56 Å². The minimum absolute atomic E-state index is 0.0485. The second kappa shape index (κ2) is 7.31. The summed E-state index contributed by atoms with van der Waals surface area (Å²) in [5.74, 6) is -1.24. The zero-order valence-corrected chi connectivity index (χ0v) is 14.6. The van der Waals surface area contributed by atoms with Gasteiger partial charge in [-0.15, -0.1) is 0 Å². The van der Waals surface area contributed by atoms with Gasteiger partial charge in [0.1, 0.15) is 6.54 Å². The SMILES string of the molecule is CC(C)(C)c1ccc(C(=O)COC(=O)Cn2ccc(C(F)(F)F)n2)cc1. The maximum atomic E-state index is 12.4. The Hall–Kier alpha value is -2.64. The van der Waals surface area contributed by atoms with Crippen LogP contribution in [0.3, 0.4) is 0 Å². The van der Waals surface area contributed by atoms with Gasteiger partial charge >= 0.3 is 12.1 Å². The van der Waals surface area contributed by atoms with Gasteiger partial charge in [-0.05, 0) is 17.0 Å². The number of benzene rings is 1. The molecule has 0 aliphatic heterocycles. The standard InChI is InChI=1S/C18H19F3N2O3/c1-17(2,3)13-6-4-12(5-7-13)14(24)11-26-16(25)10-23-9-8-15(22-23)18(19,20)21/h4-9H,10-11H2,1-3H3. The molecule has 0 amide bonds. The van der Waals surface area contributed by atoms with Crippen LogP contribution in [0.5, 0.6) is 0 Å². The van der Waals surface area contributed by atoms with Crippen LogP contribution in [0, 0.1) is 0 Å². The van der Waals surface area contributed by atoms with Crippen LogP contribution >= 0.6 is 0 Å². The van der Waals surface area contributed by atoms with Gasteiger partial charge in [0.25, 0.3) is 0 Å². The van der Waals surface area contributed by atoms with Crippen molar-refractivity contribution in [3.63, 3.8) is 0 Å². The molecule has 0 spiro atoms. The molecule has 0 aliphatic carbocycles. The van der Waals surface area contributed by atoms with Gasteiger partial charge in [-0.3, -0.25) is 14.3 Å². The number of carbonyl (C=O) groups is 2. The first-order chi connectivity index (χ1) is 12.0. The van der Waals surface area contributed by atoms with Crippen LogP contribution in [0.15, 0.2) is 36.5 Å². The summed E-state index contributed by atoms with van der Waals surface area (Å²) in [5, 5.41) is 3.25. The summed E-state index contributed by atoms with van der Waals surface area (Å²) in [6.45, 7) is 5.15. The number of ether oxygens (including phenoxy) is 1. The van der Waals surface area contributed by atoms with Gasteiger partial charge < -0.3 is 4.74 Å². The topological polar surface area (TPSA) is 61.2 Å². The number of aromatic nitrogens is 2. The summed E-state index contributed by atoms with van der Waals surface area (Å²) < 4.78 is 43.0. The Labute approximate surface area is 148 Å². The number of nitrogens with zero attached hydrogens (tertiary/aromatic N) is 2. The van der Waals surface area contributed by atoms with E-state index in [9.17, 15) is 22.8 Å². The van der Waals surface area contributed by atoms with Crippen LogP contribution in [0.2, 0.25) is 0 Å². The Morgan fingerprint density at radius 1 is 1.08 bits per heavy atom. The molecule has 2 rings (SSSR count). The van der Waals surface area contributed by atoms with E-state index in [1.54, 1.807) is 12.1 Å². The van der Waals surface area contributed by atoms with Crippen LogP contribution in [0.1, 0.15) is 42.4 Å². The molecule has 1 aromatic heterocycles. The van der Waals surface area contributed by atoms with E-state index >= 15 is 0 Å². The van der Waals surface area contributed by atoms with E-state index in [1.165, 1.54) is 0 Å². The number of carbonyl (C=O) groups excluding carboxylic acids is 2. The highest BCUT2D eigenvalue weighted by Crippen LogP contribution is 2.27.